The fourth-order valence-corrected chi connectivity index (χ4v) is 3.37. The van der Waals surface area contributed by atoms with Gasteiger partial charge in [-0.2, -0.15) is 0 Å². The molecule has 110 valence electrons. The maximum atomic E-state index is 3.78. The van der Waals surface area contributed by atoms with Crippen LogP contribution in [0.3, 0.4) is 0 Å². The molecule has 0 amide bonds. The first-order valence-electron chi connectivity index (χ1n) is 7.37. The summed E-state index contributed by atoms with van der Waals surface area (Å²) in [5, 5.41) is 3.78. The van der Waals surface area contributed by atoms with Gasteiger partial charge >= 0.3 is 0 Å². The average Bonchev–Trinajstić information content (AvgIpc) is 1.91. The molecule has 0 unspecified atom stereocenters. The highest BCUT2D eigenvalue weighted by molar-refractivity contribution is 4.87. The number of hydrogen-bond acceptors (Lipinski definition) is 1. The fourth-order valence-electron chi connectivity index (χ4n) is 3.37. The minimum Gasteiger partial charge on any atom is -0.311 e. The SMILES string of the molecule is CC(C)(C)CC(C)(C)CNC(C)(C)CC(C)(C)C. The van der Waals surface area contributed by atoms with E-state index in [2.05, 4.69) is 74.6 Å². The zero-order valence-electron chi connectivity index (χ0n) is 14.6. The highest BCUT2D eigenvalue weighted by Crippen LogP contribution is 2.34. The Bertz CT molecular complexity index is 220. The second-order valence-electron chi connectivity index (χ2n) is 9.88. The molecule has 0 aromatic rings. The molecule has 0 fully saturated rings. The van der Waals surface area contributed by atoms with Crippen molar-refractivity contribution in [3.05, 3.63) is 0 Å². The Morgan fingerprint density at radius 2 is 1.00 bits per heavy atom. The normalized spacial score (nSPS) is 15.0. The standard InChI is InChI=1S/C17H37N/c1-14(2,3)11-16(7,8)13-18-17(9,10)12-15(4,5)6/h18H,11-13H2,1-10H3. The Labute approximate surface area is 116 Å². The van der Waals surface area contributed by atoms with Gasteiger partial charge < -0.3 is 5.32 Å². The van der Waals surface area contributed by atoms with Crippen LogP contribution in [0.2, 0.25) is 0 Å². The van der Waals surface area contributed by atoms with Crippen molar-refractivity contribution in [3.8, 4) is 0 Å². The van der Waals surface area contributed by atoms with Crippen LogP contribution in [-0.2, 0) is 0 Å². The van der Waals surface area contributed by atoms with Gasteiger partial charge in [0, 0.05) is 12.1 Å². The summed E-state index contributed by atoms with van der Waals surface area (Å²) in [4.78, 5) is 0. The van der Waals surface area contributed by atoms with E-state index in [1.807, 2.05) is 0 Å². The van der Waals surface area contributed by atoms with Crippen molar-refractivity contribution in [2.45, 2.75) is 87.6 Å². The highest BCUT2D eigenvalue weighted by atomic mass is 15.0. The van der Waals surface area contributed by atoms with Crippen LogP contribution in [0, 0.1) is 16.2 Å². The second-order valence-corrected chi connectivity index (χ2v) is 9.88. The lowest BCUT2D eigenvalue weighted by molar-refractivity contribution is 0.168. The molecule has 0 radical (unpaired) electrons. The van der Waals surface area contributed by atoms with Gasteiger partial charge in [-0.15, -0.1) is 0 Å². The molecule has 0 aromatic heterocycles. The predicted octanol–water partition coefficient (Wildman–Crippen LogP) is 5.25. The van der Waals surface area contributed by atoms with Crippen LogP contribution in [-0.4, -0.2) is 12.1 Å². The maximum Gasteiger partial charge on any atom is 0.0130 e. The summed E-state index contributed by atoms with van der Waals surface area (Å²) in [6, 6.07) is 0. The van der Waals surface area contributed by atoms with E-state index in [0.29, 0.717) is 16.2 Å². The van der Waals surface area contributed by atoms with E-state index < -0.39 is 0 Å². The molecular weight excluding hydrogens is 218 g/mol. The molecule has 0 saturated carbocycles. The topological polar surface area (TPSA) is 12.0 Å². The smallest absolute Gasteiger partial charge is 0.0130 e. The summed E-state index contributed by atoms with van der Waals surface area (Å²) < 4.78 is 0. The Morgan fingerprint density at radius 1 is 0.611 bits per heavy atom. The summed E-state index contributed by atoms with van der Waals surface area (Å²) >= 11 is 0. The van der Waals surface area contributed by atoms with Crippen molar-refractivity contribution in [2.24, 2.45) is 16.2 Å². The second kappa shape index (κ2) is 5.53. The van der Waals surface area contributed by atoms with Crippen LogP contribution in [0.5, 0.6) is 0 Å². The van der Waals surface area contributed by atoms with Crippen molar-refractivity contribution in [2.75, 3.05) is 6.54 Å². The van der Waals surface area contributed by atoms with Crippen LogP contribution < -0.4 is 5.32 Å². The molecule has 0 bridgehead atoms. The Balaban J connectivity index is 4.38. The molecule has 0 aromatic carbocycles. The monoisotopic (exact) mass is 255 g/mol. The van der Waals surface area contributed by atoms with Gasteiger partial charge in [0.25, 0.3) is 0 Å². The molecule has 0 rings (SSSR count). The van der Waals surface area contributed by atoms with Crippen LogP contribution in [0.4, 0.5) is 0 Å². The van der Waals surface area contributed by atoms with Gasteiger partial charge in [0.15, 0.2) is 0 Å². The highest BCUT2D eigenvalue weighted by Gasteiger charge is 2.30. The summed E-state index contributed by atoms with van der Waals surface area (Å²) in [6.07, 6.45) is 2.45. The van der Waals surface area contributed by atoms with Crippen LogP contribution in [0.25, 0.3) is 0 Å². The van der Waals surface area contributed by atoms with Crippen LogP contribution in [0.1, 0.15) is 82.1 Å². The molecule has 0 saturated heterocycles. The van der Waals surface area contributed by atoms with Crippen LogP contribution in [0.15, 0.2) is 0 Å². The van der Waals surface area contributed by atoms with Gasteiger partial charge in [-0.3, -0.25) is 0 Å². The van der Waals surface area contributed by atoms with Crippen LogP contribution >= 0.6 is 0 Å². The molecule has 18 heavy (non-hydrogen) atoms. The first kappa shape index (κ1) is 18.0. The molecule has 0 heterocycles. The minimum absolute atomic E-state index is 0.216. The summed E-state index contributed by atoms with van der Waals surface area (Å²) in [7, 11) is 0. The Morgan fingerprint density at radius 3 is 1.33 bits per heavy atom. The number of rotatable bonds is 5. The van der Waals surface area contributed by atoms with Crippen molar-refractivity contribution in [1.29, 1.82) is 0 Å². The van der Waals surface area contributed by atoms with Crippen molar-refractivity contribution in [1.82, 2.24) is 5.32 Å². The van der Waals surface area contributed by atoms with Gasteiger partial charge in [-0.25, -0.2) is 0 Å². The quantitative estimate of drug-likeness (QED) is 0.707. The van der Waals surface area contributed by atoms with E-state index in [0.717, 1.165) is 6.54 Å². The predicted molar refractivity (Wildman–Crippen MR) is 84.0 cm³/mol. The van der Waals surface area contributed by atoms with E-state index in [1.165, 1.54) is 12.8 Å². The van der Waals surface area contributed by atoms with Gasteiger partial charge in [-0.1, -0.05) is 55.4 Å². The van der Waals surface area contributed by atoms with E-state index in [9.17, 15) is 0 Å². The summed E-state index contributed by atoms with van der Waals surface area (Å²) in [5.41, 5.74) is 1.35. The number of hydrogen-bond donors (Lipinski definition) is 1. The van der Waals surface area contributed by atoms with Gasteiger partial charge in [0.05, 0.1) is 0 Å². The van der Waals surface area contributed by atoms with Gasteiger partial charge in [-0.05, 0) is 42.9 Å². The molecule has 0 spiro atoms. The Hall–Kier alpha value is -0.0400. The first-order chi connectivity index (χ1) is 7.62. The van der Waals surface area contributed by atoms with E-state index >= 15 is 0 Å². The van der Waals surface area contributed by atoms with E-state index in [4.69, 9.17) is 0 Å². The minimum atomic E-state index is 0.216. The lowest BCUT2D eigenvalue weighted by Gasteiger charge is -2.39. The zero-order valence-corrected chi connectivity index (χ0v) is 14.6. The Kier molecular flexibility index (Phi) is 5.51. The molecular formula is C17H37N. The van der Waals surface area contributed by atoms with Crippen molar-refractivity contribution >= 4 is 0 Å². The molecule has 1 N–H and O–H groups in total. The molecule has 0 atom stereocenters. The molecule has 0 aliphatic rings. The first-order valence-corrected chi connectivity index (χ1v) is 7.37. The third-order valence-corrected chi connectivity index (χ3v) is 3.03. The van der Waals surface area contributed by atoms with Crippen molar-refractivity contribution in [3.63, 3.8) is 0 Å². The van der Waals surface area contributed by atoms with E-state index in [1.54, 1.807) is 0 Å². The average molecular weight is 255 g/mol. The lowest BCUT2D eigenvalue weighted by Crippen LogP contribution is -2.47. The molecule has 1 nitrogen and oxygen atoms in total. The zero-order chi connectivity index (χ0) is 14.8. The van der Waals surface area contributed by atoms with Crippen molar-refractivity contribution < 1.29 is 0 Å². The third kappa shape index (κ3) is 9.94. The van der Waals surface area contributed by atoms with Gasteiger partial charge in [0.2, 0.25) is 0 Å². The summed E-state index contributed by atoms with van der Waals surface area (Å²) in [5.74, 6) is 0. The fraction of sp³-hybridized carbons (Fsp3) is 1.00. The molecule has 1 heteroatoms. The van der Waals surface area contributed by atoms with E-state index in [-0.39, 0.29) is 5.54 Å². The molecule has 0 aliphatic carbocycles. The lowest BCUT2D eigenvalue weighted by atomic mass is 9.75. The third-order valence-electron chi connectivity index (χ3n) is 3.03. The van der Waals surface area contributed by atoms with Gasteiger partial charge in [0.1, 0.15) is 0 Å². The largest absolute Gasteiger partial charge is 0.311 e. The maximum absolute atomic E-state index is 3.78. The summed E-state index contributed by atoms with van der Waals surface area (Å²) in [6.45, 7) is 24.4. The number of nitrogens with one attached hydrogen (secondary N) is 1. The molecule has 0 aliphatic heterocycles.